The van der Waals surface area contributed by atoms with Crippen molar-refractivity contribution in [2.75, 3.05) is 16.0 Å². The Labute approximate surface area is 191 Å². The number of carbonyl (C=O) groups is 2. The van der Waals surface area contributed by atoms with Gasteiger partial charge in [-0.3, -0.25) is 14.5 Å². The average Bonchev–Trinajstić information content (AvgIpc) is 3.17. The minimum atomic E-state index is -4.47. The SMILES string of the molecule is Cc1c(F)cccc1N1C(=O)CSC1c1ccc(NC(=O)c2ccc(C(F)(F)F)cc2)cc1. The zero-order valence-electron chi connectivity index (χ0n) is 17.3. The first-order valence-electron chi connectivity index (χ1n) is 9.92. The lowest BCUT2D eigenvalue weighted by Gasteiger charge is -2.26. The van der Waals surface area contributed by atoms with Crippen molar-refractivity contribution in [2.24, 2.45) is 0 Å². The molecule has 3 aromatic carbocycles. The molecule has 1 heterocycles. The summed E-state index contributed by atoms with van der Waals surface area (Å²) in [7, 11) is 0. The first-order chi connectivity index (χ1) is 15.6. The normalized spacial score (nSPS) is 16.2. The number of nitrogens with one attached hydrogen (secondary N) is 1. The summed E-state index contributed by atoms with van der Waals surface area (Å²) in [5, 5.41) is 2.30. The summed E-state index contributed by atoms with van der Waals surface area (Å²) in [4.78, 5) is 26.5. The number of hydrogen-bond acceptors (Lipinski definition) is 3. The van der Waals surface area contributed by atoms with E-state index in [0.717, 1.165) is 29.8 Å². The fourth-order valence-corrected chi connectivity index (χ4v) is 4.70. The Morgan fingerprint density at radius 1 is 1.03 bits per heavy atom. The number of alkyl halides is 3. The van der Waals surface area contributed by atoms with Crippen molar-refractivity contribution in [3.05, 3.63) is 94.8 Å². The first kappa shape index (κ1) is 22.8. The van der Waals surface area contributed by atoms with Gasteiger partial charge in [0.2, 0.25) is 5.91 Å². The summed E-state index contributed by atoms with van der Waals surface area (Å²) in [5.41, 5.74) is 1.41. The lowest BCUT2D eigenvalue weighted by Crippen LogP contribution is -2.28. The van der Waals surface area contributed by atoms with Crippen molar-refractivity contribution in [2.45, 2.75) is 18.5 Å². The van der Waals surface area contributed by atoms with Crippen LogP contribution in [0.5, 0.6) is 0 Å². The average molecular weight is 474 g/mol. The lowest BCUT2D eigenvalue weighted by molar-refractivity contribution is -0.137. The molecule has 1 saturated heterocycles. The number of hydrogen-bond donors (Lipinski definition) is 1. The van der Waals surface area contributed by atoms with Crippen LogP contribution in [0.3, 0.4) is 0 Å². The molecule has 1 N–H and O–H groups in total. The van der Waals surface area contributed by atoms with E-state index in [4.69, 9.17) is 0 Å². The molecular formula is C24H18F4N2O2S. The van der Waals surface area contributed by atoms with Crippen molar-refractivity contribution in [3.63, 3.8) is 0 Å². The zero-order chi connectivity index (χ0) is 23.8. The van der Waals surface area contributed by atoms with E-state index in [1.165, 1.54) is 17.8 Å². The second kappa shape index (κ2) is 8.90. The Morgan fingerprint density at radius 3 is 2.33 bits per heavy atom. The van der Waals surface area contributed by atoms with Gasteiger partial charge in [-0.05, 0) is 61.0 Å². The van der Waals surface area contributed by atoms with Crippen LogP contribution >= 0.6 is 11.8 Å². The van der Waals surface area contributed by atoms with E-state index in [9.17, 15) is 27.2 Å². The summed E-state index contributed by atoms with van der Waals surface area (Å²) in [6, 6.07) is 15.4. The predicted molar refractivity (Wildman–Crippen MR) is 120 cm³/mol. The van der Waals surface area contributed by atoms with E-state index in [0.29, 0.717) is 16.9 Å². The molecule has 0 radical (unpaired) electrons. The van der Waals surface area contributed by atoms with E-state index in [-0.39, 0.29) is 22.6 Å². The smallest absolute Gasteiger partial charge is 0.322 e. The van der Waals surface area contributed by atoms with E-state index in [1.54, 1.807) is 48.2 Å². The molecule has 0 aromatic heterocycles. The van der Waals surface area contributed by atoms with Gasteiger partial charge < -0.3 is 5.32 Å². The van der Waals surface area contributed by atoms with Crippen LogP contribution in [0.25, 0.3) is 0 Å². The van der Waals surface area contributed by atoms with Crippen LogP contribution in [0, 0.1) is 12.7 Å². The Bertz CT molecular complexity index is 1190. The van der Waals surface area contributed by atoms with E-state index < -0.39 is 23.5 Å². The minimum absolute atomic E-state index is 0.0942. The van der Waals surface area contributed by atoms with Gasteiger partial charge >= 0.3 is 6.18 Å². The topological polar surface area (TPSA) is 49.4 Å². The zero-order valence-corrected chi connectivity index (χ0v) is 18.1. The third kappa shape index (κ3) is 4.73. The van der Waals surface area contributed by atoms with Gasteiger partial charge in [-0.1, -0.05) is 18.2 Å². The molecule has 0 aliphatic carbocycles. The van der Waals surface area contributed by atoms with Crippen molar-refractivity contribution in [3.8, 4) is 0 Å². The quantitative estimate of drug-likeness (QED) is 0.459. The van der Waals surface area contributed by atoms with Crippen molar-refractivity contribution in [1.29, 1.82) is 0 Å². The van der Waals surface area contributed by atoms with Crippen LogP contribution in [-0.4, -0.2) is 17.6 Å². The third-order valence-electron chi connectivity index (χ3n) is 5.29. The number of nitrogens with zero attached hydrogens (tertiary/aromatic N) is 1. The third-order valence-corrected chi connectivity index (χ3v) is 6.51. The van der Waals surface area contributed by atoms with Gasteiger partial charge in [-0.2, -0.15) is 13.2 Å². The molecule has 4 nitrogen and oxygen atoms in total. The predicted octanol–water partition coefficient (Wildman–Crippen LogP) is 6.18. The summed E-state index contributed by atoms with van der Waals surface area (Å²) < 4.78 is 52.1. The Kier molecular flexibility index (Phi) is 6.16. The van der Waals surface area contributed by atoms with Crippen LogP contribution in [-0.2, 0) is 11.0 Å². The van der Waals surface area contributed by atoms with Crippen LogP contribution < -0.4 is 10.2 Å². The van der Waals surface area contributed by atoms with Gasteiger partial charge in [0.25, 0.3) is 5.91 Å². The van der Waals surface area contributed by atoms with E-state index in [2.05, 4.69) is 5.32 Å². The number of anilines is 2. The largest absolute Gasteiger partial charge is 0.416 e. The van der Waals surface area contributed by atoms with Crippen molar-refractivity contribution >= 4 is 35.0 Å². The van der Waals surface area contributed by atoms with Crippen LogP contribution in [0.15, 0.2) is 66.7 Å². The maximum atomic E-state index is 14.0. The fourth-order valence-electron chi connectivity index (χ4n) is 3.53. The van der Waals surface area contributed by atoms with E-state index >= 15 is 0 Å². The van der Waals surface area contributed by atoms with Crippen LogP contribution in [0.2, 0.25) is 0 Å². The van der Waals surface area contributed by atoms with Gasteiger partial charge in [0.15, 0.2) is 0 Å². The molecule has 0 spiro atoms. The molecule has 1 unspecified atom stereocenters. The van der Waals surface area contributed by atoms with Gasteiger partial charge in [0.05, 0.1) is 17.0 Å². The second-order valence-corrected chi connectivity index (χ2v) is 8.53. The maximum absolute atomic E-state index is 14.0. The minimum Gasteiger partial charge on any atom is -0.322 e. The molecule has 1 aliphatic rings. The second-order valence-electron chi connectivity index (χ2n) is 7.46. The summed E-state index contributed by atoms with van der Waals surface area (Å²) in [6.07, 6.45) is -4.47. The maximum Gasteiger partial charge on any atom is 0.416 e. The summed E-state index contributed by atoms with van der Waals surface area (Å²) >= 11 is 1.42. The number of thioether (sulfide) groups is 1. The van der Waals surface area contributed by atoms with Crippen molar-refractivity contribution in [1.82, 2.24) is 0 Å². The molecule has 1 aliphatic heterocycles. The Hall–Kier alpha value is -3.33. The first-order valence-corrected chi connectivity index (χ1v) is 11.0. The fraction of sp³-hybridized carbons (Fsp3) is 0.167. The molecule has 4 rings (SSSR count). The lowest BCUT2D eigenvalue weighted by atomic mass is 10.1. The highest BCUT2D eigenvalue weighted by Gasteiger charge is 2.35. The number of benzene rings is 3. The van der Waals surface area contributed by atoms with Gasteiger partial charge in [0, 0.05) is 16.8 Å². The Morgan fingerprint density at radius 2 is 1.70 bits per heavy atom. The number of halogens is 4. The molecule has 2 amide bonds. The number of amides is 2. The van der Waals surface area contributed by atoms with Crippen LogP contribution in [0.1, 0.15) is 32.4 Å². The molecule has 170 valence electrons. The summed E-state index contributed by atoms with van der Waals surface area (Å²) in [5.74, 6) is -0.804. The summed E-state index contributed by atoms with van der Waals surface area (Å²) in [6.45, 7) is 1.62. The monoisotopic (exact) mass is 474 g/mol. The number of rotatable bonds is 4. The molecule has 33 heavy (non-hydrogen) atoms. The van der Waals surface area contributed by atoms with Gasteiger partial charge in [0.1, 0.15) is 11.2 Å². The molecule has 1 atom stereocenters. The molecule has 0 saturated carbocycles. The molecular weight excluding hydrogens is 456 g/mol. The Balaban J connectivity index is 1.50. The molecule has 0 bridgehead atoms. The van der Waals surface area contributed by atoms with E-state index in [1.807, 2.05) is 0 Å². The standard InChI is InChI=1S/C24H18F4N2O2S/c1-14-19(25)3-2-4-20(14)30-21(31)13-33-23(30)16-7-11-18(12-8-16)29-22(32)15-5-9-17(10-6-15)24(26,27)28/h2-12,23H,13H2,1H3,(H,29,32). The highest BCUT2D eigenvalue weighted by molar-refractivity contribution is 8.00. The molecule has 3 aromatic rings. The molecule has 9 heteroatoms. The highest BCUT2D eigenvalue weighted by atomic mass is 32.2. The number of carbonyl (C=O) groups excluding carboxylic acids is 2. The van der Waals surface area contributed by atoms with Crippen LogP contribution in [0.4, 0.5) is 28.9 Å². The van der Waals surface area contributed by atoms with Gasteiger partial charge in [-0.25, -0.2) is 4.39 Å². The van der Waals surface area contributed by atoms with Crippen molar-refractivity contribution < 1.29 is 27.2 Å². The highest BCUT2D eigenvalue weighted by Crippen LogP contribution is 2.43. The van der Waals surface area contributed by atoms with Gasteiger partial charge in [-0.15, -0.1) is 11.8 Å². The molecule has 1 fully saturated rings.